The van der Waals surface area contributed by atoms with E-state index < -0.39 is 0 Å². The van der Waals surface area contributed by atoms with Crippen molar-refractivity contribution in [3.8, 4) is 5.75 Å². The number of aryl methyl sites for hydroxylation is 1. The van der Waals surface area contributed by atoms with Gasteiger partial charge in [0, 0.05) is 24.3 Å². The molecule has 0 radical (unpaired) electrons. The van der Waals surface area contributed by atoms with E-state index in [1.165, 1.54) is 0 Å². The minimum Gasteiger partial charge on any atom is -0.492 e. The maximum Gasteiger partial charge on any atom is 0.258 e. The van der Waals surface area contributed by atoms with Gasteiger partial charge in [-0.2, -0.15) is 0 Å². The Bertz CT molecular complexity index is 719. The number of hydrogen-bond donors (Lipinski definition) is 0. The molecule has 1 aliphatic heterocycles. The molecule has 3 rings (SSSR count). The van der Waals surface area contributed by atoms with Crippen LogP contribution in [0.15, 0.2) is 35.1 Å². The van der Waals surface area contributed by atoms with E-state index in [1.54, 1.807) is 4.57 Å². The Labute approximate surface area is 136 Å². The summed E-state index contributed by atoms with van der Waals surface area (Å²) in [5.41, 5.74) is 1.57. The highest BCUT2D eigenvalue weighted by molar-refractivity contribution is 5.35. The lowest BCUT2D eigenvalue weighted by molar-refractivity contribution is 0.295. The summed E-state index contributed by atoms with van der Waals surface area (Å²) in [4.78, 5) is 19.5. The molecule has 0 saturated carbocycles. The Morgan fingerprint density at radius 1 is 1.13 bits per heavy atom. The number of hydrogen-bond acceptors (Lipinski definition) is 4. The first-order valence-corrected chi connectivity index (χ1v) is 8.17. The second kappa shape index (κ2) is 6.86. The molecule has 0 amide bonds. The van der Waals surface area contributed by atoms with E-state index in [2.05, 4.69) is 9.88 Å². The van der Waals surface area contributed by atoms with Gasteiger partial charge in [0.25, 0.3) is 5.56 Å². The highest BCUT2D eigenvalue weighted by atomic mass is 16.5. The summed E-state index contributed by atoms with van der Waals surface area (Å²) in [5.74, 6) is 1.60. The van der Waals surface area contributed by atoms with Gasteiger partial charge in [-0.3, -0.25) is 9.36 Å². The van der Waals surface area contributed by atoms with Crippen molar-refractivity contribution in [3.63, 3.8) is 0 Å². The SMILES string of the molecule is Cc1nc(N2CCCC2)n(CCOc2ccccc2)c(=O)c1C. The molecule has 0 aliphatic carbocycles. The zero-order valence-electron chi connectivity index (χ0n) is 13.8. The van der Waals surface area contributed by atoms with Crippen LogP contribution in [0.3, 0.4) is 0 Å². The van der Waals surface area contributed by atoms with Gasteiger partial charge in [-0.1, -0.05) is 18.2 Å². The Morgan fingerprint density at radius 2 is 1.83 bits per heavy atom. The Kier molecular flexibility index (Phi) is 4.65. The fourth-order valence-corrected chi connectivity index (χ4v) is 2.87. The summed E-state index contributed by atoms with van der Waals surface area (Å²) in [6, 6.07) is 9.67. The molecule has 0 spiro atoms. The maximum atomic E-state index is 12.7. The second-order valence-electron chi connectivity index (χ2n) is 5.93. The Hall–Kier alpha value is -2.30. The second-order valence-corrected chi connectivity index (χ2v) is 5.93. The molecular formula is C18H23N3O2. The summed E-state index contributed by atoms with van der Waals surface area (Å²) in [6.07, 6.45) is 2.31. The van der Waals surface area contributed by atoms with Crippen LogP contribution in [0.4, 0.5) is 5.95 Å². The fraction of sp³-hybridized carbons (Fsp3) is 0.444. The van der Waals surface area contributed by atoms with Crippen LogP contribution in [0.5, 0.6) is 5.75 Å². The van der Waals surface area contributed by atoms with Gasteiger partial charge < -0.3 is 9.64 Å². The third kappa shape index (κ3) is 3.38. The molecule has 2 heterocycles. The quantitative estimate of drug-likeness (QED) is 0.851. The van der Waals surface area contributed by atoms with Gasteiger partial charge in [0.15, 0.2) is 0 Å². The van der Waals surface area contributed by atoms with E-state index in [9.17, 15) is 4.79 Å². The molecule has 0 N–H and O–H groups in total. The molecule has 0 atom stereocenters. The van der Waals surface area contributed by atoms with Crippen molar-refractivity contribution in [3.05, 3.63) is 51.9 Å². The van der Waals surface area contributed by atoms with Gasteiger partial charge >= 0.3 is 0 Å². The average molecular weight is 313 g/mol. The van der Waals surface area contributed by atoms with Crippen LogP contribution in [-0.2, 0) is 6.54 Å². The van der Waals surface area contributed by atoms with E-state index in [1.807, 2.05) is 44.2 Å². The predicted octanol–water partition coefficient (Wildman–Crippen LogP) is 2.54. The van der Waals surface area contributed by atoms with Crippen molar-refractivity contribution >= 4 is 5.95 Å². The molecule has 1 saturated heterocycles. The molecule has 122 valence electrons. The molecule has 5 heteroatoms. The summed E-state index contributed by atoms with van der Waals surface area (Å²) in [7, 11) is 0. The van der Waals surface area contributed by atoms with Crippen LogP contribution < -0.4 is 15.2 Å². The molecule has 1 fully saturated rings. The number of benzene rings is 1. The normalized spacial score (nSPS) is 14.3. The molecule has 0 unspecified atom stereocenters. The van der Waals surface area contributed by atoms with E-state index in [0.717, 1.165) is 43.3 Å². The zero-order valence-corrected chi connectivity index (χ0v) is 13.8. The fourth-order valence-electron chi connectivity index (χ4n) is 2.87. The molecule has 2 aromatic rings. The first kappa shape index (κ1) is 15.6. The van der Waals surface area contributed by atoms with Crippen molar-refractivity contribution in [1.82, 2.24) is 9.55 Å². The third-order valence-corrected chi connectivity index (χ3v) is 4.33. The van der Waals surface area contributed by atoms with Gasteiger partial charge in [0.1, 0.15) is 12.4 Å². The van der Waals surface area contributed by atoms with Gasteiger partial charge in [0.05, 0.1) is 6.54 Å². The van der Waals surface area contributed by atoms with Crippen LogP contribution >= 0.6 is 0 Å². The van der Waals surface area contributed by atoms with E-state index in [4.69, 9.17) is 4.74 Å². The standard InChI is InChI=1S/C18H23N3O2/c1-14-15(2)19-18(20-10-6-7-11-20)21(17(14)22)12-13-23-16-8-4-3-5-9-16/h3-5,8-9H,6-7,10-13H2,1-2H3. The molecule has 5 nitrogen and oxygen atoms in total. The molecule has 0 bridgehead atoms. The van der Waals surface area contributed by atoms with Crippen LogP contribution in [0.1, 0.15) is 24.1 Å². The molecule has 23 heavy (non-hydrogen) atoms. The van der Waals surface area contributed by atoms with Gasteiger partial charge in [0.2, 0.25) is 5.95 Å². The Morgan fingerprint density at radius 3 is 2.52 bits per heavy atom. The highest BCUT2D eigenvalue weighted by Crippen LogP contribution is 2.18. The minimum atomic E-state index is 0.0380. The number of anilines is 1. The zero-order chi connectivity index (χ0) is 16.2. The smallest absolute Gasteiger partial charge is 0.258 e. The molecular weight excluding hydrogens is 290 g/mol. The van der Waals surface area contributed by atoms with E-state index in [0.29, 0.717) is 18.7 Å². The van der Waals surface area contributed by atoms with E-state index in [-0.39, 0.29) is 5.56 Å². The highest BCUT2D eigenvalue weighted by Gasteiger charge is 2.20. The number of para-hydroxylation sites is 1. The molecule has 1 aromatic carbocycles. The maximum absolute atomic E-state index is 12.7. The minimum absolute atomic E-state index is 0.0380. The molecule has 1 aliphatic rings. The lowest BCUT2D eigenvalue weighted by atomic mass is 10.2. The summed E-state index contributed by atoms with van der Waals surface area (Å²) < 4.78 is 7.51. The average Bonchev–Trinajstić information content (AvgIpc) is 3.10. The van der Waals surface area contributed by atoms with Crippen LogP contribution in [0.25, 0.3) is 0 Å². The van der Waals surface area contributed by atoms with Crippen molar-refractivity contribution in [2.45, 2.75) is 33.2 Å². The summed E-state index contributed by atoms with van der Waals surface area (Å²) in [5, 5.41) is 0. The van der Waals surface area contributed by atoms with Crippen molar-refractivity contribution in [1.29, 1.82) is 0 Å². The number of ether oxygens (including phenoxy) is 1. The van der Waals surface area contributed by atoms with Gasteiger partial charge in [-0.05, 0) is 38.8 Å². The lowest BCUT2D eigenvalue weighted by Gasteiger charge is -2.22. The topological polar surface area (TPSA) is 47.4 Å². The Balaban J connectivity index is 1.81. The number of aromatic nitrogens is 2. The van der Waals surface area contributed by atoms with Crippen LogP contribution in [-0.4, -0.2) is 29.2 Å². The van der Waals surface area contributed by atoms with Crippen LogP contribution in [0, 0.1) is 13.8 Å². The first-order chi connectivity index (χ1) is 11.2. The lowest BCUT2D eigenvalue weighted by Crippen LogP contribution is -2.34. The summed E-state index contributed by atoms with van der Waals surface area (Å²) in [6.45, 7) is 6.64. The van der Waals surface area contributed by atoms with Crippen molar-refractivity contribution in [2.75, 3.05) is 24.6 Å². The number of nitrogens with zero attached hydrogens (tertiary/aromatic N) is 3. The largest absolute Gasteiger partial charge is 0.492 e. The first-order valence-electron chi connectivity index (χ1n) is 8.17. The van der Waals surface area contributed by atoms with Crippen molar-refractivity contribution in [2.24, 2.45) is 0 Å². The number of rotatable bonds is 5. The third-order valence-electron chi connectivity index (χ3n) is 4.33. The van der Waals surface area contributed by atoms with Crippen molar-refractivity contribution < 1.29 is 4.74 Å². The van der Waals surface area contributed by atoms with Gasteiger partial charge in [-0.25, -0.2) is 4.98 Å². The monoisotopic (exact) mass is 313 g/mol. The predicted molar refractivity (Wildman–Crippen MR) is 91.4 cm³/mol. The van der Waals surface area contributed by atoms with Crippen LogP contribution in [0.2, 0.25) is 0 Å². The molecule has 1 aromatic heterocycles. The van der Waals surface area contributed by atoms with E-state index >= 15 is 0 Å². The van der Waals surface area contributed by atoms with Gasteiger partial charge in [-0.15, -0.1) is 0 Å². The summed E-state index contributed by atoms with van der Waals surface area (Å²) >= 11 is 0.